The lowest BCUT2D eigenvalue weighted by Crippen LogP contribution is -2.18. The number of methoxy groups -OCH3 is 1. The summed E-state index contributed by atoms with van der Waals surface area (Å²) in [6.07, 6.45) is -3.69. The van der Waals surface area contributed by atoms with Crippen LogP contribution in [0.4, 0.5) is 18.9 Å². The van der Waals surface area contributed by atoms with Gasteiger partial charge >= 0.3 is 6.36 Å². The van der Waals surface area contributed by atoms with Crippen LogP contribution >= 0.6 is 0 Å². The van der Waals surface area contributed by atoms with Crippen molar-refractivity contribution in [1.29, 1.82) is 0 Å². The standard InChI is InChI=1S/C13H11F3N2O4S/c1-21-12-6-5-9(8-17-12)18-23(19,20)11-4-2-3-10(7-11)22-13(14,15)16/h2-8,18H,1H3. The molecule has 1 aromatic heterocycles. The normalized spacial score (nSPS) is 11.8. The third-order valence-corrected chi connectivity index (χ3v) is 3.93. The van der Waals surface area contributed by atoms with Crippen molar-refractivity contribution in [2.24, 2.45) is 0 Å². The maximum atomic E-state index is 12.2. The molecule has 1 heterocycles. The molecule has 0 saturated heterocycles. The van der Waals surface area contributed by atoms with Crippen molar-refractivity contribution in [2.45, 2.75) is 11.3 Å². The maximum absolute atomic E-state index is 12.2. The molecule has 0 spiro atoms. The molecule has 0 aliphatic rings. The lowest BCUT2D eigenvalue weighted by molar-refractivity contribution is -0.274. The molecular weight excluding hydrogens is 337 g/mol. The van der Waals surface area contributed by atoms with Gasteiger partial charge in [0.05, 0.1) is 23.9 Å². The van der Waals surface area contributed by atoms with Crippen LogP contribution in [0.1, 0.15) is 0 Å². The molecule has 124 valence electrons. The van der Waals surface area contributed by atoms with E-state index in [9.17, 15) is 21.6 Å². The van der Waals surface area contributed by atoms with Crippen molar-refractivity contribution in [2.75, 3.05) is 11.8 Å². The molecule has 1 N–H and O–H groups in total. The zero-order valence-electron chi connectivity index (χ0n) is 11.7. The zero-order valence-corrected chi connectivity index (χ0v) is 12.5. The largest absolute Gasteiger partial charge is 0.573 e. The van der Waals surface area contributed by atoms with Gasteiger partial charge in [-0.15, -0.1) is 13.2 Å². The van der Waals surface area contributed by atoms with Gasteiger partial charge in [0.1, 0.15) is 5.75 Å². The number of sulfonamides is 1. The minimum atomic E-state index is -4.91. The van der Waals surface area contributed by atoms with E-state index in [1.54, 1.807) is 0 Å². The van der Waals surface area contributed by atoms with Gasteiger partial charge in [-0.2, -0.15) is 0 Å². The number of halogens is 3. The van der Waals surface area contributed by atoms with Gasteiger partial charge in [-0.1, -0.05) is 6.07 Å². The number of aromatic nitrogens is 1. The number of nitrogens with one attached hydrogen (secondary N) is 1. The van der Waals surface area contributed by atoms with Crippen LogP contribution in [-0.2, 0) is 10.0 Å². The molecule has 0 unspecified atom stereocenters. The summed E-state index contributed by atoms with van der Waals surface area (Å²) in [6.45, 7) is 0. The molecule has 0 amide bonds. The summed E-state index contributed by atoms with van der Waals surface area (Å²) in [4.78, 5) is 3.44. The smallest absolute Gasteiger partial charge is 0.481 e. The summed E-state index contributed by atoms with van der Waals surface area (Å²) < 4.78 is 71.6. The quantitative estimate of drug-likeness (QED) is 0.899. The SMILES string of the molecule is COc1ccc(NS(=O)(=O)c2cccc(OC(F)(F)F)c2)cn1. The molecule has 23 heavy (non-hydrogen) atoms. The Bertz CT molecular complexity index is 777. The summed E-state index contributed by atoms with van der Waals surface area (Å²) in [6, 6.07) is 6.89. The second kappa shape index (κ2) is 6.32. The first-order valence-electron chi connectivity index (χ1n) is 6.08. The lowest BCUT2D eigenvalue weighted by atomic mass is 10.3. The Kier molecular flexibility index (Phi) is 4.64. The Hall–Kier alpha value is -2.49. The molecule has 0 aliphatic heterocycles. The van der Waals surface area contributed by atoms with E-state index in [-0.39, 0.29) is 16.5 Å². The molecule has 2 rings (SSSR count). The Morgan fingerprint density at radius 3 is 2.48 bits per heavy atom. The van der Waals surface area contributed by atoms with Crippen molar-refractivity contribution in [1.82, 2.24) is 4.98 Å². The number of benzene rings is 1. The van der Waals surface area contributed by atoms with E-state index in [0.717, 1.165) is 24.3 Å². The third kappa shape index (κ3) is 4.74. The van der Waals surface area contributed by atoms with Crippen LogP contribution in [0.3, 0.4) is 0 Å². The van der Waals surface area contributed by atoms with Crippen molar-refractivity contribution in [3.8, 4) is 11.6 Å². The van der Waals surface area contributed by atoms with Gasteiger partial charge in [0.2, 0.25) is 5.88 Å². The second-order valence-corrected chi connectivity index (χ2v) is 5.90. The van der Waals surface area contributed by atoms with Crippen LogP contribution < -0.4 is 14.2 Å². The van der Waals surface area contributed by atoms with Gasteiger partial charge < -0.3 is 9.47 Å². The molecular formula is C13H11F3N2O4S. The van der Waals surface area contributed by atoms with Crippen LogP contribution in [0.2, 0.25) is 0 Å². The Morgan fingerprint density at radius 1 is 1.17 bits per heavy atom. The van der Waals surface area contributed by atoms with Gasteiger partial charge in [-0.25, -0.2) is 13.4 Å². The average Bonchev–Trinajstić information content (AvgIpc) is 2.46. The predicted molar refractivity (Wildman–Crippen MR) is 74.7 cm³/mol. The first-order valence-corrected chi connectivity index (χ1v) is 7.56. The van der Waals surface area contributed by atoms with Crippen LogP contribution in [0.15, 0.2) is 47.5 Å². The summed E-state index contributed by atoms with van der Waals surface area (Å²) in [7, 11) is -2.69. The van der Waals surface area contributed by atoms with Crippen LogP contribution in [0.5, 0.6) is 11.6 Å². The maximum Gasteiger partial charge on any atom is 0.573 e. The number of rotatable bonds is 5. The van der Waals surface area contributed by atoms with E-state index >= 15 is 0 Å². The summed E-state index contributed by atoms with van der Waals surface area (Å²) in [5.74, 6) is -0.346. The number of hydrogen-bond acceptors (Lipinski definition) is 5. The van der Waals surface area contributed by atoms with E-state index in [1.165, 1.54) is 25.4 Å². The zero-order chi connectivity index (χ0) is 17.1. The van der Waals surface area contributed by atoms with E-state index in [2.05, 4.69) is 14.4 Å². The molecule has 0 bridgehead atoms. The monoisotopic (exact) mass is 348 g/mol. The van der Waals surface area contributed by atoms with Crippen LogP contribution in [-0.4, -0.2) is 26.9 Å². The van der Waals surface area contributed by atoms with Crippen molar-refractivity contribution in [3.63, 3.8) is 0 Å². The van der Waals surface area contributed by atoms with Crippen molar-refractivity contribution >= 4 is 15.7 Å². The minimum absolute atomic E-state index is 0.132. The van der Waals surface area contributed by atoms with E-state index < -0.39 is 22.1 Å². The summed E-state index contributed by atoms with van der Waals surface area (Å²) in [5.41, 5.74) is 0.132. The highest BCUT2D eigenvalue weighted by Gasteiger charge is 2.31. The highest BCUT2D eigenvalue weighted by molar-refractivity contribution is 7.92. The fraction of sp³-hybridized carbons (Fsp3) is 0.154. The molecule has 0 atom stereocenters. The predicted octanol–water partition coefficient (Wildman–Crippen LogP) is 2.79. The highest BCUT2D eigenvalue weighted by Crippen LogP contribution is 2.26. The van der Waals surface area contributed by atoms with Gasteiger partial charge in [0.25, 0.3) is 10.0 Å². The Morgan fingerprint density at radius 2 is 1.91 bits per heavy atom. The molecule has 0 fully saturated rings. The number of nitrogens with zero attached hydrogens (tertiary/aromatic N) is 1. The first-order chi connectivity index (χ1) is 10.7. The van der Waals surface area contributed by atoms with Crippen LogP contribution in [0, 0.1) is 0 Å². The number of alkyl halides is 3. The molecule has 0 saturated carbocycles. The van der Waals surface area contributed by atoms with Gasteiger partial charge in [0, 0.05) is 12.1 Å². The fourth-order valence-corrected chi connectivity index (χ4v) is 2.69. The number of pyridine rings is 1. The van der Waals surface area contributed by atoms with Gasteiger partial charge in [-0.3, -0.25) is 4.72 Å². The van der Waals surface area contributed by atoms with E-state index in [0.29, 0.717) is 0 Å². The second-order valence-electron chi connectivity index (χ2n) is 4.22. The molecule has 1 aromatic carbocycles. The van der Waals surface area contributed by atoms with Crippen molar-refractivity contribution in [3.05, 3.63) is 42.6 Å². The number of ether oxygens (including phenoxy) is 2. The molecule has 6 nitrogen and oxygen atoms in total. The first kappa shape index (κ1) is 16.9. The van der Waals surface area contributed by atoms with E-state index in [1.807, 2.05) is 0 Å². The van der Waals surface area contributed by atoms with Crippen molar-refractivity contribution < 1.29 is 31.1 Å². The molecule has 2 aromatic rings. The number of hydrogen-bond donors (Lipinski definition) is 1. The third-order valence-electron chi connectivity index (χ3n) is 2.55. The molecule has 10 heteroatoms. The minimum Gasteiger partial charge on any atom is -0.481 e. The van der Waals surface area contributed by atoms with Gasteiger partial charge in [0.15, 0.2) is 0 Å². The summed E-state index contributed by atoms with van der Waals surface area (Å²) >= 11 is 0. The highest BCUT2D eigenvalue weighted by atomic mass is 32.2. The van der Waals surface area contributed by atoms with Crippen LogP contribution in [0.25, 0.3) is 0 Å². The Balaban J connectivity index is 2.23. The summed E-state index contributed by atoms with van der Waals surface area (Å²) in [5, 5.41) is 0. The molecule has 0 aliphatic carbocycles. The lowest BCUT2D eigenvalue weighted by Gasteiger charge is -2.11. The Labute approximate surface area is 129 Å². The topological polar surface area (TPSA) is 77.5 Å². The fourth-order valence-electron chi connectivity index (χ4n) is 1.61. The average molecular weight is 348 g/mol. The van der Waals surface area contributed by atoms with Gasteiger partial charge in [-0.05, 0) is 18.2 Å². The number of anilines is 1. The van der Waals surface area contributed by atoms with E-state index in [4.69, 9.17) is 4.74 Å². The molecule has 0 radical (unpaired) electrons.